The Balaban J connectivity index is 1.53. The van der Waals surface area contributed by atoms with Crippen molar-refractivity contribution in [2.24, 2.45) is 7.05 Å². The fourth-order valence-corrected chi connectivity index (χ4v) is 6.01. The molecule has 1 aromatic carbocycles. The van der Waals surface area contributed by atoms with Crippen molar-refractivity contribution in [3.63, 3.8) is 0 Å². The molecule has 1 saturated heterocycles. The Hall–Kier alpha value is -4.51. The molecule has 0 saturated carbocycles. The molecule has 3 aromatic heterocycles. The molecule has 44 heavy (non-hydrogen) atoms. The van der Waals surface area contributed by atoms with Crippen molar-refractivity contribution in [3.8, 4) is 11.4 Å². The van der Waals surface area contributed by atoms with Gasteiger partial charge in [-0.1, -0.05) is 18.7 Å². The largest absolute Gasteiger partial charge is 0.396 e. The maximum absolute atomic E-state index is 13.2. The van der Waals surface area contributed by atoms with Crippen molar-refractivity contribution < 1.29 is 28.3 Å². The molecule has 4 heterocycles. The van der Waals surface area contributed by atoms with Gasteiger partial charge in [0, 0.05) is 56.7 Å². The second kappa shape index (κ2) is 13.0. The van der Waals surface area contributed by atoms with Crippen LogP contribution in [0.5, 0.6) is 0 Å². The second-order valence-electron chi connectivity index (χ2n) is 10.2. The number of ether oxygens (including phenoxy) is 1. The van der Waals surface area contributed by atoms with Gasteiger partial charge in [-0.15, -0.1) is 0 Å². The number of morpholine rings is 1. The SMILES string of the molecule is C=C(CCCO)S(=O)(=O)c1cccc(-c2nc(N3CCOCC3)c3nc(CN(C)c4ncc(C(=O)NO)cn4)n(C)c3n2)c1. The average molecular weight is 624 g/mol. The highest BCUT2D eigenvalue weighted by Crippen LogP contribution is 2.31. The molecule has 0 bridgehead atoms. The van der Waals surface area contributed by atoms with Gasteiger partial charge < -0.3 is 24.2 Å². The van der Waals surface area contributed by atoms with E-state index in [1.54, 1.807) is 29.6 Å². The molecule has 0 spiro atoms. The first-order chi connectivity index (χ1) is 21.1. The molecule has 1 amide bonds. The van der Waals surface area contributed by atoms with E-state index in [9.17, 15) is 13.2 Å². The van der Waals surface area contributed by atoms with Crippen LogP contribution in [-0.4, -0.2) is 94.1 Å². The predicted molar refractivity (Wildman–Crippen MR) is 161 cm³/mol. The number of hydrogen-bond acceptors (Lipinski definition) is 13. The minimum atomic E-state index is -3.83. The Kier molecular flexibility index (Phi) is 9.14. The standard InChI is InChI=1S/C28H33N9O6S/c1-18(6-5-11-38)44(41,42)21-8-4-7-19(14-21)24-32-25-23(26(33-24)37-9-12-43-13-10-37)31-22(36(25)3)17-35(2)28-29-15-20(16-30-28)27(39)34-40/h4,7-8,14-16,38,40H,1,5-6,9-13,17H2,2-3H3,(H,34,39). The number of aryl methyl sites for hydroxylation is 1. The number of amides is 1. The normalized spacial score (nSPS) is 13.7. The molecule has 0 unspecified atom stereocenters. The van der Waals surface area contributed by atoms with Crippen LogP contribution in [0.15, 0.2) is 53.0 Å². The van der Waals surface area contributed by atoms with Crippen LogP contribution >= 0.6 is 0 Å². The number of allylic oxidation sites excluding steroid dienone is 1. The van der Waals surface area contributed by atoms with Crippen LogP contribution in [0.3, 0.4) is 0 Å². The third-order valence-electron chi connectivity index (χ3n) is 7.22. The van der Waals surface area contributed by atoms with Crippen LogP contribution in [0.25, 0.3) is 22.6 Å². The van der Waals surface area contributed by atoms with Crippen LogP contribution in [0.2, 0.25) is 0 Å². The minimum absolute atomic E-state index is 0.0322. The topological polar surface area (TPSA) is 189 Å². The molecule has 1 aliphatic rings. The second-order valence-corrected chi connectivity index (χ2v) is 12.3. The Morgan fingerprint density at radius 3 is 2.57 bits per heavy atom. The molecule has 1 aliphatic heterocycles. The van der Waals surface area contributed by atoms with Gasteiger partial charge in [0.25, 0.3) is 5.91 Å². The van der Waals surface area contributed by atoms with Gasteiger partial charge in [0.05, 0.1) is 30.2 Å². The number of benzene rings is 1. The monoisotopic (exact) mass is 623 g/mol. The number of sulfone groups is 1. The number of anilines is 2. The Bertz CT molecular complexity index is 1790. The molecular formula is C28H33N9O6S. The number of aliphatic hydroxyl groups is 1. The number of rotatable bonds is 11. The summed E-state index contributed by atoms with van der Waals surface area (Å²) in [4.78, 5) is 38.6. The zero-order valence-electron chi connectivity index (χ0n) is 24.3. The molecule has 0 radical (unpaired) electrons. The average Bonchev–Trinajstić information content (AvgIpc) is 3.37. The Morgan fingerprint density at radius 2 is 1.89 bits per heavy atom. The van der Waals surface area contributed by atoms with Crippen molar-refractivity contribution >= 4 is 38.7 Å². The maximum Gasteiger partial charge on any atom is 0.277 e. The van der Waals surface area contributed by atoms with Crippen LogP contribution < -0.4 is 15.3 Å². The lowest BCUT2D eigenvalue weighted by Gasteiger charge is -2.28. The summed E-state index contributed by atoms with van der Waals surface area (Å²) in [6.45, 7) is 6.13. The lowest BCUT2D eigenvalue weighted by Crippen LogP contribution is -2.37. The zero-order valence-corrected chi connectivity index (χ0v) is 25.2. The smallest absolute Gasteiger partial charge is 0.277 e. The van der Waals surface area contributed by atoms with Crippen molar-refractivity contribution in [1.82, 2.24) is 35.0 Å². The van der Waals surface area contributed by atoms with E-state index in [0.717, 1.165) is 0 Å². The molecule has 4 aromatic rings. The number of hydrogen-bond donors (Lipinski definition) is 3. The number of nitrogens with zero attached hydrogens (tertiary/aromatic N) is 8. The van der Waals surface area contributed by atoms with Crippen LogP contribution in [-0.2, 0) is 28.2 Å². The highest BCUT2D eigenvalue weighted by Gasteiger charge is 2.25. The summed E-state index contributed by atoms with van der Waals surface area (Å²) < 4.78 is 33.8. The highest BCUT2D eigenvalue weighted by atomic mass is 32.2. The van der Waals surface area contributed by atoms with E-state index < -0.39 is 15.7 Å². The molecular weight excluding hydrogens is 590 g/mol. The molecule has 0 aliphatic carbocycles. The summed E-state index contributed by atoms with van der Waals surface area (Å²) in [6, 6.07) is 6.44. The Labute approximate surface area is 253 Å². The minimum Gasteiger partial charge on any atom is -0.396 e. The van der Waals surface area contributed by atoms with Gasteiger partial charge in [-0.05, 0) is 25.0 Å². The molecule has 3 N–H and O–H groups in total. The van der Waals surface area contributed by atoms with Gasteiger partial charge in [0.1, 0.15) is 5.82 Å². The molecule has 5 rings (SSSR count). The lowest BCUT2D eigenvalue weighted by atomic mass is 10.2. The highest BCUT2D eigenvalue weighted by molar-refractivity contribution is 7.95. The number of hydroxylamine groups is 1. The number of carbonyl (C=O) groups excluding carboxylic acids is 1. The predicted octanol–water partition coefficient (Wildman–Crippen LogP) is 1.47. The number of imidazole rings is 1. The summed E-state index contributed by atoms with van der Waals surface area (Å²) in [5, 5.41) is 18.0. The maximum atomic E-state index is 13.2. The fraction of sp³-hybridized carbons (Fsp3) is 0.357. The van der Waals surface area contributed by atoms with E-state index in [1.807, 2.05) is 11.6 Å². The van der Waals surface area contributed by atoms with E-state index in [-0.39, 0.29) is 28.4 Å². The zero-order chi connectivity index (χ0) is 31.4. The summed E-state index contributed by atoms with van der Waals surface area (Å²) in [5.74, 6) is 1.20. The Morgan fingerprint density at radius 1 is 1.16 bits per heavy atom. The van der Waals surface area contributed by atoms with Gasteiger partial charge in [-0.3, -0.25) is 10.0 Å². The number of nitrogens with one attached hydrogen (secondary N) is 1. The van der Waals surface area contributed by atoms with Gasteiger partial charge in [0.15, 0.2) is 22.8 Å². The molecule has 16 heteroatoms. The third kappa shape index (κ3) is 6.23. The van der Waals surface area contributed by atoms with Crippen LogP contribution in [0.1, 0.15) is 29.0 Å². The van der Waals surface area contributed by atoms with E-state index in [1.165, 1.54) is 24.5 Å². The van der Waals surface area contributed by atoms with Crippen molar-refractivity contribution in [3.05, 3.63) is 59.5 Å². The van der Waals surface area contributed by atoms with Crippen molar-refractivity contribution in [2.75, 3.05) is 49.8 Å². The lowest BCUT2D eigenvalue weighted by molar-refractivity contribution is 0.0705. The molecule has 0 atom stereocenters. The number of fused-ring (bicyclic) bond motifs is 1. The summed E-state index contributed by atoms with van der Waals surface area (Å²) in [5.41, 5.74) is 3.30. The fourth-order valence-electron chi connectivity index (χ4n) is 4.72. The summed E-state index contributed by atoms with van der Waals surface area (Å²) in [7, 11) is -0.213. The van der Waals surface area contributed by atoms with Gasteiger partial charge >= 0.3 is 0 Å². The van der Waals surface area contributed by atoms with Crippen LogP contribution in [0, 0.1) is 0 Å². The first kappa shape index (κ1) is 30.9. The molecule has 232 valence electrons. The number of aliphatic hydroxyl groups excluding tert-OH is 1. The number of aromatic nitrogens is 6. The summed E-state index contributed by atoms with van der Waals surface area (Å²) in [6.07, 6.45) is 3.08. The van der Waals surface area contributed by atoms with Crippen molar-refractivity contribution in [1.29, 1.82) is 0 Å². The first-order valence-corrected chi connectivity index (χ1v) is 15.3. The molecule has 15 nitrogen and oxygen atoms in total. The third-order valence-corrected chi connectivity index (χ3v) is 9.06. The summed E-state index contributed by atoms with van der Waals surface area (Å²) >= 11 is 0. The van der Waals surface area contributed by atoms with Gasteiger partial charge in [-0.25, -0.2) is 38.8 Å². The van der Waals surface area contributed by atoms with Gasteiger partial charge in [-0.2, -0.15) is 0 Å². The van der Waals surface area contributed by atoms with Gasteiger partial charge in [0.2, 0.25) is 15.8 Å². The quantitative estimate of drug-likeness (QED) is 0.161. The van der Waals surface area contributed by atoms with E-state index >= 15 is 0 Å². The van der Waals surface area contributed by atoms with E-state index in [4.69, 9.17) is 30.0 Å². The first-order valence-electron chi connectivity index (χ1n) is 13.8. The molecule has 1 fully saturated rings. The van der Waals surface area contributed by atoms with Crippen molar-refractivity contribution in [2.45, 2.75) is 24.3 Å². The van der Waals surface area contributed by atoms with Crippen LogP contribution in [0.4, 0.5) is 11.8 Å². The number of carbonyl (C=O) groups is 1. The van der Waals surface area contributed by atoms with E-state index in [2.05, 4.69) is 21.4 Å². The van der Waals surface area contributed by atoms with E-state index in [0.29, 0.717) is 79.4 Å².